The Hall–Kier alpha value is -0.780. The van der Waals surface area contributed by atoms with E-state index in [1.807, 2.05) is 6.07 Å². The molecule has 1 aromatic rings. The average molecular weight is 313 g/mol. The number of hydrogen-bond donors (Lipinski definition) is 1. The number of rotatable bonds is 2. The second-order valence-electron chi connectivity index (χ2n) is 5.02. The Bertz CT molecular complexity index is 467. The van der Waals surface area contributed by atoms with Crippen molar-refractivity contribution in [1.29, 1.82) is 0 Å². The van der Waals surface area contributed by atoms with Gasteiger partial charge >= 0.3 is 0 Å². The van der Waals surface area contributed by atoms with Crippen molar-refractivity contribution in [3.05, 3.63) is 22.2 Å². The highest BCUT2D eigenvalue weighted by Gasteiger charge is 2.34. The van der Waals surface area contributed by atoms with E-state index in [1.54, 1.807) is 0 Å². The second-order valence-corrected chi connectivity index (χ2v) is 5.94. The van der Waals surface area contributed by atoms with Gasteiger partial charge in [-0.05, 0) is 38.1 Å². The van der Waals surface area contributed by atoms with Crippen LogP contribution in [-0.4, -0.2) is 31.8 Å². The number of likely N-dealkylation sites (tertiary alicyclic amines) is 1. The maximum absolute atomic E-state index is 5.79. The molecule has 0 saturated carbocycles. The van der Waals surface area contributed by atoms with Gasteiger partial charge in [-0.2, -0.15) is 0 Å². The number of halogens is 1. The first-order valence-electron chi connectivity index (χ1n) is 6.18. The predicted octanol–water partition coefficient (Wildman–Crippen LogP) is 2.13. The third-order valence-electron chi connectivity index (χ3n) is 3.79. The van der Waals surface area contributed by atoms with Gasteiger partial charge in [-0.25, -0.2) is 0 Å². The summed E-state index contributed by atoms with van der Waals surface area (Å²) in [7, 11) is 2.14. The summed E-state index contributed by atoms with van der Waals surface area (Å²) in [4.78, 5) is 2.35. The Morgan fingerprint density at radius 1 is 1.44 bits per heavy atom. The standard InChI is InChI=1S/C13H17BrN2O2/c1-16-6-8(5-15)2-11(16)10-3-9(14)4-12-13(10)18-7-17-12/h3-4,8,11H,2,5-7,15H2,1H3. The molecule has 0 bridgehead atoms. The molecule has 0 radical (unpaired) electrons. The lowest BCUT2D eigenvalue weighted by molar-refractivity contribution is 0.171. The Morgan fingerprint density at radius 2 is 2.28 bits per heavy atom. The first-order valence-corrected chi connectivity index (χ1v) is 6.97. The van der Waals surface area contributed by atoms with Crippen molar-refractivity contribution in [2.24, 2.45) is 11.7 Å². The molecule has 2 atom stereocenters. The molecular formula is C13H17BrN2O2. The van der Waals surface area contributed by atoms with Crippen LogP contribution in [0, 0.1) is 5.92 Å². The molecule has 0 spiro atoms. The van der Waals surface area contributed by atoms with Crippen molar-refractivity contribution in [1.82, 2.24) is 4.90 Å². The molecule has 5 heteroatoms. The SMILES string of the molecule is CN1CC(CN)CC1c1cc(Br)cc2c1OCO2. The van der Waals surface area contributed by atoms with E-state index >= 15 is 0 Å². The van der Waals surface area contributed by atoms with E-state index in [0.29, 0.717) is 18.8 Å². The lowest BCUT2D eigenvalue weighted by Gasteiger charge is -2.21. The number of benzene rings is 1. The van der Waals surface area contributed by atoms with Crippen LogP contribution in [0.4, 0.5) is 0 Å². The molecule has 18 heavy (non-hydrogen) atoms. The van der Waals surface area contributed by atoms with Crippen molar-refractivity contribution in [3.63, 3.8) is 0 Å². The summed E-state index contributed by atoms with van der Waals surface area (Å²) in [6.45, 7) is 2.10. The van der Waals surface area contributed by atoms with E-state index in [9.17, 15) is 0 Å². The lowest BCUT2D eigenvalue weighted by Crippen LogP contribution is -2.20. The molecule has 0 aromatic heterocycles. The lowest BCUT2D eigenvalue weighted by atomic mass is 9.99. The van der Waals surface area contributed by atoms with Crippen molar-refractivity contribution in [2.75, 3.05) is 26.9 Å². The maximum atomic E-state index is 5.79. The summed E-state index contributed by atoms with van der Waals surface area (Å²) in [6, 6.07) is 4.46. The van der Waals surface area contributed by atoms with Gasteiger partial charge in [-0.1, -0.05) is 15.9 Å². The van der Waals surface area contributed by atoms with Gasteiger partial charge in [-0.3, -0.25) is 4.90 Å². The van der Waals surface area contributed by atoms with Crippen molar-refractivity contribution in [3.8, 4) is 11.5 Å². The van der Waals surface area contributed by atoms with Crippen LogP contribution in [0.1, 0.15) is 18.0 Å². The van der Waals surface area contributed by atoms with Crippen LogP contribution in [0.15, 0.2) is 16.6 Å². The first kappa shape index (κ1) is 12.3. The van der Waals surface area contributed by atoms with Crippen molar-refractivity contribution < 1.29 is 9.47 Å². The quantitative estimate of drug-likeness (QED) is 0.909. The van der Waals surface area contributed by atoms with Crippen molar-refractivity contribution in [2.45, 2.75) is 12.5 Å². The highest BCUT2D eigenvalue weighted by Crippen LogP contribution is 2.45. The smallest absolute Gasteiger partial charge is 0.231 e. The molecule has 2 N–H and O–H groups in total. The van der Waals surface area contributed by atoms with Gasteiger partial charge in [0.15, 0.2) is 11.5 Å². The summed E-state index contributed by atoms with van der Waals surface area (Å²) < 4.78 is 12.1. The van der Waals surface area contributed by atoms with Crippen LogP contribution in [0.2, 0.25) is 0 Å². The van der Waals surface area contributed by atoms with Gasteiger partial charge in [0, 0.05) is 22.6 Å². The van der Waals surface area contributed by atoms with Crippen LogP contribution in [0.25, 0.3) is 0 Å². The van der Waals surface area contributed by atoms with E-state index in [2.05, 4.69) is 33.9 Å². The summed E-state index contributed by atoms with van der Waals surface area (Å²) in [6.07, 6.45) is 1.08. The molecule has 2 aliphatic heterocycles. The Morgan fingerprint density at radius 3 is 3.00 bits per heavy atom. The molecule has 1 fully saturated rings. The molecule has 0 aliphatic carbocycles. The number of nitrogens with two attached hydrogens (primary N) is 1. The number of nitrogens with zero attached hydrogens (tertiary/aromatic N) is 1. The Labute approximate surface area is 115 Å². The van der Waals surface area contributed by atoms with Gasteiger partial charge in [0.1, 0.15) is 0 Å². The van der Waals surface area contributed by atoms with E-state index in [1.165, 1.54) is 5.56 Å². The molecule has 2 unspecified atom stereocenters. The predicted molar refractivity (Wildman–Crippen MR) is 72.8 cm³/mol. The zero-order valence-electron chi connectivity index (χ0n) is 10.4. The molecule has 1 aromatic carbocycles. The van der Waals surface area contributed by atoms with Crippen LogP contribution >= 0.6 is 15.9 Å². The highest BCUT2D eigenvalue weighted by atomic mass is 79.9. The zero-order chi connectivity index (χ0) is 12.7. The molecule has 0 amide bonds. The van der Waals surface area contributed by atoms with Crippen LogP contribution in [-0.2, 0) is 0 Å². The minimum absolute atomic E-state index is 0.315. The van der Waals surface area contributed by atoms with E-state index < -0.39 is 0 Å². The second kappa shape index (κ2) is 4.72. The highest BCUT2D eigenvalue weighted by molar-refractivity contribution is 9.10. The van der Waals surface area contributed by atoms with Gasteiger partial charge in [0.2, 0.25) is 6.79 Å². The van der Waals surface area contributed by atoms with Gasteiger partial charge < -0.3 is 15.2 Å². The topological polar surface area (TPSA) is 47.7 Å². The number of ether oxygens (including phenoxy) is 2. The maximum Gasteiger partial charge on any atom is 0.231 e. The van der Waals surface area contributed by atoms with Gasteiger partial charge in [0.25, 0.3) is 0 Å². The minimum Gasteiger partial charge on any atom is -0.454 e. The average Bonchev–Trinajstić information content (AvgIpc) is 2.94. The Balaban J connectivity index is 1.97. The van der Waals surface area contributed by atoms with E-state index in [0.717, 1.165) is 35.5 Å². The van der Waals surface area contributed by atoms with Gasteiger partial charge in [0.05, 0.1) is 0 Å². The van der Waals surface area contributed by atoms with Crippen LogP contribution in [0.5, 0.6) is 11.5 Å². The van der Waals surface area contributed by atoms with Crippen molar-refractivity contribution >= 4 is 15.9 Å². The molecule has 2 heterocycles. The molecule has 2 aliphatic rings. The molecule has 1 saturated heterocycles. The summed E-state index contributed by atoms with van der Waals surface area (Å²) >= 11 is 3.54. The summed E-state index contributed by atoms with van der Waals surface area (Å²) in [5.41, 5.74) is 6.99. The number of hydrogen-bond acceptors (Lipinski definition) is 4. The molecule has 98 valence electrons. The summed E-state index contributed by atoms with van der Waals surface area (Å²) in [5, 5.41) is 0. The third kappa shape index (κ3) is 2.00. The third-order valence-corrected chi connectivity index (χ3v) is 4.25. The normalized spacial score (nSPS) is 26.8. The fraction of sp³-hybridized carbons (Fsp3) is 0.538. The molecule has 3 rings (SSSR count). The Kier molecular flexibility index (Phi) is 3.21. The largest absolute Gasteiger partial charge is 0.454 e. The fourth-order valence-corrected chi connectivity index (χ4v) is 3.34. The van der Waals surface area contributed by atoms with Crippen LogP contribution < -0.4 is 15.2 Å². The van der Waals surface area contributed by atoms with Gasteiger partial charge in [-0.15, -0.1) is 0 Å². The fourth-order valence-electron chi connectivity index (χ4n) is 2.89. The summed E-state index contributed by atoms with van der Waals surface area (Å²) in [5.74, 6) is 2.30. The van der Waals surface area contributed by atoms with Crippen LogP contribution in [0.3, 0.4) is 0 Å². The zero-order valence-corrected chi connectivity index (χ0v) is 11.9. The molecular weight excluding hydrogens is 296 g/mol. The number of fused-ring (bicyclic) bond motifs is 1. The van der Waals surface area contributed by atoms with E-state index in [4.69, 9.17) is 15.2 Å². The minimum atomic E-state index is 0.315. The molecule has 4 nitrogen and oxygen atoms in total. The van der Waals surface area contributed by atoms with E-state index in [-0.39, 0.29) is 0 Å². The monoisotopic (exact) mass is 312 g/mol. The first-order chi connectivity index (χ1) is 8.69.